The summed E-state index contributed by atoms with van der Waals surface area (Å²) < 4.78 is 6.01. The Morgan fingerprint density at radius 3 is 3.00 bits per heavy atom. The smallest absolute Gasteiger partial charge is 0.121 e. The van der Waals surface area contributed by atoms with Crippen molar-refractivity contribution in [2.24, 2.45) is 0 Å². The second-order valence-corrected chi connectivity index (χ2v) is 6.20. The second kappa shape index (κ2) is 4.45. The van der Waals surface area contributed by atoms with Crippen LogP contribution in [-0.4, -0.2) is 35.1 Å². The maximum atomic E-state index is 6.01. The van der Waals surface area contributed by atoms with Gasteiger partial charge in [-0.2, -0.15) is 0 Å². The molecule has 1 spiro atoms. The molecule has 3 nitrogen and oxygen atoms in total. The Hall–Kier alpha value is -1.61. The molecule has 1 aromatic heterocycles. The van der Waals surface area contributed by atoms with E-state index in [1.807, 2.05) is 24.4 Å². The molecule has 0 N–H and O–H groups in total. The van der Waals surface area contributed by atoms with Gasteiger partial charge in [0, 0.05) is 29.2 Å². The lowest BCUT2D eigenvalue weighted by atomic mass is 10.2. The van der Waals surface area contributed by atoms with Crippen LogP contribution >= 0.6 is 0 Å². The van der Waals surface area contributed by atoms with Crippen molar-refractivity contribution < 1.29 is 4.74 Å². The Kier molecular flexibility index (Phi) is 2.71. The van der Waals surface area contributed by atoms with E-state index < -0.39 is 0 Å². The average Bonchev–Trinajstić information content (AvgIpc) is 3.21. The molecule has 0 bridgehead atoms. The Bertz CT molecular complexity index is 636. The predicted molar refractivity (Wildman–Crippen MR) is 80.0 cm³/mol. The summed E-state index contributed by atoms with van der Waals surface area (Å²) in [5.41, 5.74) is 1.54. The minimum Gasteiger partial charge on any atom is -0.492 e. The molecule has 2 fully saturated rings. The van der Waals surface area contributed by atoms with Gasteiger partial charge in [-0.3, -0.25) is 9.88 Å². The van der Waals surface area contributed by atoms with Crippen molar-refractivity contribution in [3.63, 3.8) is 0 Å². The van der Waals surface area contributed by atoms with Crippen LogP contribution in [-0.2, 0) is 0 Å². The lowest BCUT2D eigenvalue weighted by Crippen LogP contribution is -2.37. The van der Waals surface area contributed by atoms with Gasteiger partial charge in [0.15, 0.2) is 0 Å². The summed E-state index contributed by atoms with van der Waals surface area (Å²) in [5, 5.41) is 1.16. The van der Waals surface area contributed by atoms with Crippen molar-refractivity contribution in [3.8, 4) is 5.75 Å². The molecule has 20 heavy (non-hydrogen) atoms. The topological polar surface area (TPSA) is 25.4 Å². The molecule has 1 aromatic carbocycles. The van der Waals surface area contributed by atoms with Gasteiger partial charge >= 0.3 is 0 Å². The van der Waals surface area contributed by atoms with Gasteiger partial charge in [-0.15, -0.1) is 0 Å². The molecule has 0 unspecified atom stereocenters. The van der Waals surface area contributed by atoms with Crippen LogP contribution in [0.25, 0.3) is 10.9 Å². The summed E-state index contributed by atoms with van der Waals surface area (Å²) in [6.45, 7) is 0.788. The molecule has 2 heterocycles. The quantitative estimate of drug-likeness (QED) is 0.854. The Labute approximate surface area is 119 Å². The van der Waals surface area contributed by atoms with Crippen molar-refractivity contribution in [3.05, 3.63) is 36.5 Å². The minimum absolute atomic E-state index is 0.541. The first-order valence-corrected chi connectivity index (χ1v) is 7.47. The summed E-state index contributed by atoms with van der Waals surface area (Å²) in [7, 11) is 2.26. The maximum Gasteiger partial charge on any atom is 0.121 e. The molecule has 1 aliphatic heterocycles. The van der Waals surface area contributed by atoms with E-state index in [0.29, 0.717) is 11.6 Å². The van der Waals surface area contributed by atoms with Crippen LogP contribution in [0, 0.1) is 0 Å². The van der Waals surface area contributed by atoms with E-state index in [2.05, 4.69) is 29.1 Å². The fraction of sp³-hybridized carbons (Fsp3) is 0.471. The van der Waals surface area contributed by atoms with Crippen molar-refractivity contribution in [1.29, 1.82) is 0 Å². The van der Waals surface area contributed by atoms with Crippen molar-refractivity contribution >= 4 is 10.9 Å². The standard InChI is InChI=1S/C17H20N2O/c1-19-14(6-7-17(19)8-9-17)12-20-15-5-4-13-3-2-10-18-16(13)11-15/h2-5,10-11,14H,6-9,12H2,1H3/t14-/m0/s1. The number of rotatable bonds is 3. The third kappa shape index (κ3) is 1.97. The summed E-state index contributed by atoms with van der Waals surface area (Å²) in [6.07, 6.45) is 7.19. The Morgan fingerprint density at radius 2 is 2.20 bits per heavy atom. The molecule has 1 aliphatic carbocycles. The first kappa shape index (κ1) is 12.2. The number of pyridine rings is 1. The van der Waals surface area contributed by atoms with Gasteiger partial charge in [-0.25, -0.2) is 0 Å². The van der Waals surface area contributed by atoms with Gasteiger partial charge in [0.05, 0.1) is 5.52 Å². The van der Waals surface area contributed by atoms with Crippen molar-refractivity contribution in [2.75, 3.05) is 13.7 Å². The van der Waals surface area contributed by atoms with Crippen molar-refractivity contribution in [2.45, 2.75) is 37.3 Å². The zero-order valence-corrected chi connectivity index (χ0v) is 11.9. The van der Waals surface area contributed by atoms with E-state index in [-0.39, 0.29) is 0 Å². The van der Waals surface area contributed by atoms with Gasteiger partial charge in [0.25, 0.3) is 0 Å². The molecule has 2 aromatic rings. The van der Waals surface area contributed by atoms with Gasteiger partial charge < -0.3 is 4.74 Å². The van der Waals surface area contributed by atoms with E-state index in [1.54, 1.807) is 0 Å². The molecule has 3 heteroatoms. The average molecular weight is 268 g/mol. The normalized spacial score (nSPS) is 24.4. The predicted octanol–water partition coefficient (Wildman–Crippen LogP) is 3.24. The molecule has 4 rings (SSSR count). The van der Waals surface area contributed by atoms with Crippen LogP contribution in [0.2, 0.25) is 0 Å². The number of nitrogens with zero attached hydrogens (tertiary/aromatic N) is 2. The molecule has 104 valence electrons. The van der Waals surface area contributed by atoms with Gasteiger partial charge in [-0.1, -0.05) is 6.07 Å². The van der Waals surface area contributed by atoms with E-state index in [1.165, 1.54) is 25.7 Å². The molecule has 1 saturated heterocycles. The molecular weight excluding hydrogens is 248 g/mol. The highest BCUT2D eigenvalue weighted by Crippen LogP contribution is 2.50. The summed E-state index contributed by atoms with van der Waals surface area (Å²) in [4.78, 5) is 6.93. The first-order valence-electron chi connectivity index (χ1n) is 7.47. The monoisotopic (exact) mass is 268 g/mol. The van der Waals surface area contributed by atoms with Gasteiger partial charge in [0.2, 0.25) is 0 Å². The fourth-order valence-corrected chi connectivity index (χ4v) is 3.46. The van der Waals surface area contributed by atoms with Gasteiger partial charge in [-0.05, 0) is 50.9 Å². The number of aromatic nitrogens is 1. The number of likely N-dealkylation sites (tertiary alicyclic amines) is 1. The van der Waals surface area contributed by atoms with E-state index >= 15 is 0 Å². The maximum absolute atomic E-state index is 6.01. The lowest BCUT2D eigenvalue weighted by Gasteiger charge is -2.25. The van der Waals surface area contributed by atoms with Crippen LogP contribution in [0.3, 0.4) is 0 Å². The molecule has 0 amide bonds. The fourth-order valence-electron chi connectivity index (χ4n) is 3.46. The van der Waals surface area contributed by atoms with Crippen LogP contribution in [0.15, 0.2) is 36.5 Å². The first-order chi connectivity index (χ1) is 9.77. The van der Waals surface area contributed by atoms with Crippen LogP contribution in [0.5, 0.6) is 5.75 Å². The van der Waals surface area contributed by atoms with Gasteiger partial charge in [0.1, 0.15) is 12.4 Å². The van der Waals surface area contributed by atoms with Crippen LogP contribution in [0.4, 0.5) is 0 Å². The van der Waals surface area contributed by atoms with E-state index in [0.717, 1.165) is 23.3 Å². The highest BCUT2D eigenvalue weighted by Gasteiger charge is 2.52. The largest absolute Gasteiger partial charge is 0.492 e. The summed E-state index contributed by atoms with van der Waals surface area (Å²) in [5.74, 6) is 0.932. The van der Waals surface area contributed by atoms with E-state index in [9.17, 15) is 0 Å². The number of benzene rings is 1. The Balaban J connectivity index is 1.45. The molecular formula is C17H20N2O. The zero-order valence-electron chi connectivity index (χ0n) is 11.9. The summed E-state index contributed by atoms with van der Waals surface area (Å²) >= 11 is 0. The summed E-state index contributed by atoms with van der Waals surface area (Å²) in [6, 6.07) is 10.8. The zero-order chi connectivity index (χ0) is 13.6. The molecule has 0 radical (unpaired) electrons. The molecule has 1 saturated carbocycles. The number of hydrogen-bond acceptors (Lipinski definition) is 3. The molecule has 2 aliphatic rings. The minimum atomic E-state index is 0.541. The van der Waals surface area contributed by atoms with Crippen molar-refractivity contribution in [1.82, 2.24) is 9.88 Å². The Morgan fingerprint density at radius 1 is 1.30 bits per heavy atom. The third-order valence-corrected chi connectivity index (χ3v) is 5.09. The van der Waals surface area contributed by atoms with E-state index in [4.69, 9.17) is 4.74 Å². The second-order valence-electron chi connectivity index (χ2n) is 6.20. The number of fused-ring (bicyclic) bond motifs is 1. The number of likely N-dealkylation sites (N-methyl/N-ethyl adjacent to an activating group) is 1. The number of hydrogen-bond donors (Lipinski definition) is 0. The van der Waals surface area contributed by atoms with Crippen LogP contribution < -0.4 is 4.74 Å². The number of ether oxygens (including phenoxy) is 1. The SMILES string of the molecule is CN1[C@H](COc2ccc3cccnc3c2)CCC12CC2. The lowest BCUT2D eigenvalue weighted by molar-refractivity contribution is 0.159. The highest BCUT2D eigenvalue weighted by molar-refractivity contribution is 5.79. The molecule has 1 atom stereocenters. The van der Waals surface area contributed by atoms with Crippen LogP contribution in [0.1, 0.15) is 25.7 Å². The third-order valence-electron chi connectivity index (χ3n) is 5.09. The highest BCUT2D eigenvalue weighted by atomic mass is 16.5.